The van der Waals surface area contributed by atoms with Gasteiger partial charge in [-0.05, 0) is 24.5 Å². The van der Waals surface area contributed by atoms with Crippen molar-refractivity contribution >= 4 is 6.08 Å². The van der Waals surface area contributed by atoms with Gasteiger partial charge in [0.1, 0.15) is 11.3 Å². The Morgan fingerprint density at radius 3 is 2.63 bits per heavy atom. The molecule has 0 atom stereocenters. The van der Waals surface area contributed by atoms with Crippen molar-refractivity contribution in [2.75, 3.05) is 14.2 Å². The fraction of sp³-hybridized carbons (Fsp3) is 0.533. The second-order valence-electron chi connectivity index (χ2n) is 4.87. The zero-order valence-corrected chi connectivity index (χ0v) is 11.4. The summed E-state index contributed by atoms with van der Waals surface area (Å²) in [5, 5.41) is 0. The third-order valence-electron chi connectivity index (χ3n) is 3.79. The van der Waals surface area contributed by atoms with E-state index in [9.17, 15) is 4.79 Å². The molecule has 4 heteroatoms. The van der Waals surface area contributed by atoms with Crippen LogP contribution in [0.4, 0.5) is 0 Å². The summed E-state index contributed by atoms with van der Waals surface area (Å²) in [5.41, 5.74) is 1.53. The number of nitrogens with zero attached hydrogens (tertiary/aromatic N) is 1. The minimum absolute atomic E-state index is 0.484. The van der Waals surface area contributed by atoms with Gasteiger partial charge in [0.25, 0.3) is 0 Å². The van der Waals surface area contributed by atoms with Crippen LogP contribution in [-0.4, -0.2) is 20.3 Å². The summed E-state index contributed by atoms with van der Waals surface area (Å²) in [6.07, 6.45) is 5.60. The molecule has 0 N–H and O–H groups in total. The van der Waals surface area contributed by atoms with Gasteiger partial charge in [-0.1, -0.05) is 25.0 Å². The molecule has 0 amide bonds. The second kappa shape index (κ2) is 6.00. The molecule has 1 aromatic carbocycles. The van der Waals surface area contributed by atoms with Gasteiger partial charge in [-0.15, -0.1) is 0 Å². The number of carbonyl (C=O) groups excluding carboxylic acids is 1. The normalized spacial score (nSPS) is 16.9. The van der Waals surface area contributed by atoms with Crippen LogP contribution in [0.1, 0.15) is 36.8 Å². The maximum absolute atomic E-state index is 10.8. The topological polar surface area (TPSA) is 47.9 Å². The summed E-state index contributed by atoms with van der Waals surface area (Å²) in [6, 6.07) is 5.85. The number of hydrogen-bond acceptors (Lipinski definition) is 4. The first kappa shape index (κ1) is 13.8. The summed E-state index contributed by atoms with van der Waals surface area (Å²) in [5.74, 6) is 0.774. The van der Waals surface area contributed by atoms with Crippen molar-refractivity contribution in [2.45, 2.75) is 37.8 Å². The Morgan fingerprint density at radius 1 is 1.32 bits per heavy atom. The number of ether oxygens (including phenoxy) is 2. The van der Waals surface area contributed by atoms with Crippen LogP contribution in [-0.2, 0) is 21.7 Å². The van der Waals surface area contributed by atoms with Crippen molar-refractivity contribution < 1.29 is 14.3 Å². The lowest BCUT2D eigenvalue weighted by molar-refractivity contribution is 0.182. The Kier molecular flexibility index (Phi) is 4.35. The molecule has 2 rings (SSSR count). The lowest BCUT2D eigenvalue weighted by Crippen LogP contribution is -2.22. The predicted octanol–water partition coefficient (Wildman–Crippen LogP) is 2.95. The van der Waals surface area contributed by atoms with Crippen molar-refractivity contribution in [2.24, 2.45) is 4.99 Å². The molecule has 0 unspecified atom stereocenters. The standard InChI is InChI=1S/C15H19NO3/c1-18-10-12-6-5-7-13(19-2)14(12)15(16-11-17)8-3-4-9-15/h5-7H,3-4,8-10H2,1-2H3. The van der Waals surface area contributed by atoms with Crippen LogP contribution in [0.2, 0.25) is 0 Å². The highest BCUT2D eigenvalue weighted by atomic mass is 16.5. The smallest absolute Gasteiger partial charge is 0.235 e. The number of benzene rings is 1. The Hall–Kier alpha value is -1.64. The average molecular weight is 261 g/mol. The molecule has 1 aliphatic rings. The average Bonchev–Trinajstić information content (AvgIpc) is 2.88. The first-order valence-electron chi connectivity index (χ1n) is 6.52. The molecule has 19 heavy (non-hydrogen) atoms. The van der Waals surface area contributed by atoms with E-state index in [4.69, 9.17) is 9.47 Å². The molecule has 0 aromatic heterocycles. The highest BCUT2D eigenvalue weighted by Crippen LogP contribution is 2.47. The maximum atomic E-state index is 10.8. The van der Waals surface area contributed by atoms with Gasteiger partial charge in [0, 0.05) is 12.7 Å². The van der Waals surface area contributed by atoms with Crippen molar-refractivity contribution in [1.29, 1.82) is 0 Å². The van der Waals surface area contributed by atoms with Crippen LogP contribution < -0.4 is 4.74 Å². The predicted molar refractivity (Wildman–Crippen MR) is 72.0 cm³/mol. The van der Waals surface area contributed by atoms with E-state index >= 15 is 0 Å². The Balaban J connectivity index is 2.59. The fourth-order valence-corrected chi connectivity index (χ4v) is 3.02. The summed E-state index contributed by atoms with van der Waals surface area (Å²) in [7, 11) is 3.30. The van der Waals surface area contributed by atoms with Crippen LogP contribution in [0.25, 0.3) is 0 Å². The summed E-state index contributed by atoms with van der Waals surface area (Å²) in [6.45, 7) is 0.489. The molecule has 0 saturated heterocycles. The molecule has 1 aliphatic carbocycles. The number of isocyanates is 1. The van der Waals surface area contributed by atoms with E-state index in [1.807, 2.05) is 18.2 Å². The zero-order valence-electron chi connectivity index (χ0n) is 11.4. The molecule has 0 radical (unpaired) electrons. The van der Waals surface area contributed by atoms with Crippen LogP contribution in [0, 0.1) is 0 Å². The van der Waals surface area contributed by atoms with Gasteiger partial charge in [0.05, 0.1) is 13.7 Å². The van der Waals surface area contributed by atoms with Gasteiger partial charge in [-0.25, -0.2) is 4.79 Å². The van der Waals surface area contributed by atoms with E-state index < -0.39 is 5.54 Å². The van der Waals surface area contributed by atoms with Gasteiger partial charge in [0.15, 0.2) is 0 Å². The Labute approximate surface area is 113 Å². The number of methoxy groups -OCH3 is 2. The van der Waals surface area contributed by atoms with Gasteiger partial charge >= 0.3 is 0 Å². The fourth-order valence-electron chi connectivity index (χ4n) is 3.02. The largest absolute Gasteiger partial charge is 0.496 e. The minimum atomic E-state index is -0.484. The molecule has 0 spiro atoms. The van der Waals surface area contributed by atoms with Crippen molar-refractivity contribution in [1.82, 2.24) is 0 Å². The van der Waals surface area contributed by atoms with Crippen molar-refractivity contribution in [3.63, 3.8) is 0 Å². The Morgan fingerprint density at radius 2 is 2.05 bits per heavy atom. The molecule has 0 bridgehead atoms. The number of hydrogen-bond donors (Lipinski definition) is 0. The van der Waals surface area contributed by atoms with E-state index in [0.717, 1.165) is 42.6 Å². The van der Waals surface area contributed by atoms with E-state index in [0.29, 0.717) is 6.61 Å². The zero-order chi connectivity index (χ0) is 13.7. The monoisotopic (exact) mass is 261 g/mol. The third-order valence-corrected chi connectivity index (χ3v) is 3.79. The van der Waals surface area contributed by atoms with Gasteiger partial charge in [-0.3, -0.25) is 0 Å². The molecular weight excluding hydrogens is 242 g/mol. The molecular formula is C15H19NO3. The van der Waals surface area contributed by atoms with Crippen molar-refractivity contribution in [3.8, 4) is 5.75 Å². The van der Waals surface area contributed by atoms with E-state index in [1.165, 1.54) is 0 Å². The molecule has 102 valence electrons. The lowest BCUT2D eigenvalue weighted by Gasteiger charge is -2.27. The number of aliphatic imine (C=N–C) groups is 1. The van der Waals surface area contributed by atoms with Gasteiger partial charge in [0.2, 0.25) is 6.08 Å². The quantitative estimate of drug-likeness (QED) is 0.604. The summed E-state index contributed by atoms with van der Waals surface area (Å²) >= 11 is 0. The SMILES string of the molecule is COCc1cccc(OC)c1C1(N=C=O)CCCC1. The second-order valence-corrected chi connectivity index (χ2v) is 4.87. The molecule has 1 fully saturated rings. The minimum Gasteiger partial charge on any atom is -0.496 e. The van der Waals surface area contributed by atoms with E-state index in [-0.39, 0.29) is 0 Å². The molecule has 1 saturated carbocycles. The van der Waals surface area contributed by atoms with Crippen molar-refractivity contribution in [3.05, 3.63) is 29.3 Å². The van der Waals surface area contributed by atoms with Crippen LogP contribution >= 0.6 is 0 Å². The van der Waals surface area contributed by atoms with Gasteiger partial charge < -0.3 is 9.47 Å². The molecule has 0 aliphatic heterocycles. The van der Waals surface area contributed by atoms with Crippen LogP contribution in [0.5, 0.6) is 5.75 Å². The van der Waals surface area contributed by atoms with E-state index in [1.54, 1.807) is 20.3 Å². The third kappa shape index (κ3) is 2.55. The summed E-state index contributed by atoms with van der Waals surface area (Å²) < 4.78 is 10.7. The lowest BCUT2D eigenvalue weighted by atomic mass is 9.85. The summed E-state index contributed by atoms with van der Waals surface area (Å²) in [4.78, 5) is 15.0. The molecule has 1 aromatic rings. The highest BCUT2D eigenvalue weighted by Gasteiger charge is 2.39. The Bertz CT molecular complexity index is 486. The van der Waals surface area contributed by atoms with Gasteiger partial charge in [-0.2, -0.15) is 4.99 Å². The van der Waals surface area contributed by atoms with Crippen LogP contribution in [0.15, 0.2) is 23.2 Å². The van der Waals surface area contributed by atoms with Crippen LogP contribution in [0.3, 0.4) is 0 Å². The number of rotatable bonds is 5. The molecule has 0 heterocycles. The maximum Gasteiger partial charge on any atom is 0.235 e. The molecule has 4 nitrogen and oxygen atoms in total. The highest BCUT2D eigenvalue weighted by molar-refractivity contribution is 5.48. The first-order chi connectivity index (χ1) is 9.27. The van der Waals surface area contributed by atoms with E-state index in [2.05, 4.69) is 4.99 Å². The first-order valence-corrected chi connectivity index (χ1v) is 6.52.